The summed E-state index contributed by atoms with van der Waals surface area (Å²) in [4.78, 5) is 0. The zero-order chi connectivity index (χ0) is 9.68. The van der Waals surface area contributed by atoms with E-state index in [1.165, 1.54) is 24.0 Å². The molecule has 0 aromatic heterocycles. The maximum absolute atomic E-state index is 6.10. The van der Waals surface area contributed by atoms with Gasteiger partial charge in [0.25, 0.3) is 0 Å². The minimum absolute atomic E-state index is 0.867. The van der Waals surface area contributed by atoms with Crippen molar-refractivity contribution in [3.8, 4) is 0 Å². The number of rotatable bonds is 4. The van der Waals surface area contributed by atoms with Crippen molar-refractivity contribution in [2.45, 2.75) is 26.2 Å². The first-order valence-electron chi connectivity index (χ1n) is 4.69. The molecule has 1 aromatic carbocycles. The van der Waals surface area contributed by atoms with E-state index in [0.29, 0.717) is 0 Å². The van der Waals surface area contributed by atoms with Crippen molar-refractivity contribution < 1.29 is 0 Å². The zero-order valence-electron chi connectivity index (χ0n) is 8.02. The van der Waals surface area contributed by atoms with Gasteiger partial charge in [0.1, 0.15) is 0 Å². The normalized spacial score (nSPS) is 10.0. The Hall–Kier alpha value is -0.750. The molecule has 0 atom stereocenters. The van der Waals surface area contributed by atoms with Crippen LogP contribution in [0.2, 0.25) is 5.02 Å². The van der Waals surface area contributed by atoms with Gasteiger partial charge in [-0.2, -0.15) is 0 Å². The van der Waals surface area contributed by atoms with Crippen molar-refractivity contribution in [1.29, 1.82) is 0 Å². The molecule has 0 amide bonds. The lowest BCUT2D eigenvalue weighted by Crippen LogP contribution is -1.90. The summed E-state index contributed by atoms with van der Waals surface area (Å²) in [5.41, 5.74) is 2.40. The molecule has 0 aliphatic rings. The second kappa shape index (κ2) is 5.08. The Morgan fingerprint density at radius 1 is 1.46 bits per heavy atom. The molecule has 0 bridgehead atoms. The molecule has 13 heavy (non-hydrogen) atoms. The van der Waals surface area contributed by atoms with Gasteiger partial charge in [0.2, 0.25) is 0 Å². The second-order valence-corrected chi connectivity index (χ2v) is 3.52. The highest BCUT2D eigenvalue weighted by atomic mass is 35.5. The number of hydrogen-bond acceptors (Lipinski definition) is 0. The van der Waals surface area contributed by atoms with Crippen LogP contribution in [-0.4, -0.2) is 0 Å². The van der Waals surface area contributed by atoms with Crippen LogP contribution in [-0.2, 0) is 6.42 Å². The second-order valence-electron chi connectivity index (χ2n) is 3.12. The van der Waals surface area contributed by atoms with Crippen LogP contribution >= 0.6 is 11.6 Å². The van der Waals surface area contributed by atoms with Gasteiger partial charge < -0.3 is 0 Å². The Morgan fingerprint density at radius 2 is 2.23 bits per heavy atom. The van der Waals surface area contributed by atoms with E-state index in [4.69, 9.17) is 11.6 Å². The van der Waals surface area contributed by atoms with Gasteiger partial charge in [0, 0.05) is 5.02 Å². The molecule has 0 fully saturated rings. The van der Waals surface area contributed by atoms with Gasteiger partial charge >= 0.3 is 0 Å². The van der Waals surface area contributed by atoms with Gasteiger partial charge in [-0.05, 0) is 30.0 Å². The van der Waals surface area contributed by atoms with E-state index < -0.39 is 0 Å². The van der Waals surface area contributed by atoms with Crippen LogP contribution in [0.1, 0.15) is 30.9 Å². The smallest absolute Gasteiger partial charge is 0.0443 e. The fourth-order valence-corrected chi connectivity index (χ4v) is 1.66. The summed E-state index contributed by atoms with van der Waals surface area (Å²) in [6.07, 6.45) is 5.31. The standard InChI is InChI=1S/C12H15Cl/c1-3-5-8-11-10(4-2)7-6-9-12(11)13/h4,6-7,9H,2-3,5,8H2,1H3. The molecular formula is C12H15Cl. The first kappa shape index (κ1) is 10.3. The van der Waals surface area contributed by atoms with E-state index in [1.54, 1.807) is 0 Å². The van der Waals surface area contributed by atoms with Gasteiger partial charge in [-0.1, -0.05) is 49.7 Å². The summed E-state index contributed by atoms with van der Waals surface area (Å²) in [6, 6.07) is 5.97. The molecule has 0 unspecified atom stereocenters. The average molecular weight is 195 g/mol. The van der Waals surface area contributed by atoms with Crippen LogP contribution in [0.15, 0.2) is 24.8 Å². The summed E-state index contributed by atoms with van der Waals surface area (Å²) in [6.45, 7) is 5.97. The lowest BCUT2D eigenvalue weighted by molar-refractivity contribution is 0.794. The summed E-state index contributed by atoms with van der Waals surface area (Å²) < 4.78 is 0. The Labute approximate surface area is 85.2 Å². The molecule has 1 aromatic rings. The first-order valence-corrected chi connectivity index (χ1v) is 5.07. The van der Waals surface area contributed by atoms with Crippen molar-refractivity contribution in [1.82, 2.24) is 0 Å². The SMILES string of the molecule is C=Cc1cccc(Cl)c1CCCC. The molecule has 70 valence electrons. The van der Waals surface area contributed by atoms with Crippen molar-refractivity contribution in [2.24, 2.45) is 0 Å². The van der Waals surface area contributed by atoms with E-state index in [0.717, 1.165) is 11.4 Å². The molecule has 0 saturated carbocycles. The van der Waals surface area contributed by atoms with Crippen LogP contribution < -0.4 is 0 Å². The molecular weight excluding hydrogens is 180 g/mol. The highest BCUT2D eigenvalue weighted by Crippen LogP contribution is 2.22. The van der Waals surface area contributed by atoms with Crippen LogP contribution in [0.5, 0.6) is 0 Å². The Kier molecular flexibility index (Phi) is 4.04. The molecule has 0 heterocycles. The van der Waals surface area contributed by atoms with Crippen molar-refractivity contribution in [3.63, 3.8) is 0 Å². The van der Waals surface area contributed by atoms with Crippen LogP contribution in [0.3, 0.4) is 0 Å². The quantitative estimate of drug-likeness (QED) is 0.670. The maximum atomic E-state index is 6.10. The van der Waals surface area contributed by atoms with Crippen LogP contribution in [0.25, 0.3) is 6.08 Å². The number of benzene rings is 1. The third-order valence-corrected chi connectivity index (χ3v) is 2.51. The molecule has 0 aliphatic carbocycles. The lowest BCUT2D eigenvalue weighted by atomic mass is 10.0. The number of unbranched alkanes of at least 4 members (excludes halogenated alkanes) is 1. The topological polar surface area (TPSA) is 0 Å². The van der Waals surface area contributed by atoms with E-state index >= 15 is 0 Å². The number of hydrogen-bond donors (Lipinski definition) is 0. The van der Waals surface area contributed by atoms with Gasteiger partial charge in [0.05, 0.1) is 0 Å². The molecule has 0 nitrogen and oxygen atoms in total. The molecule has 0 N–H and O–H groups in total. The van der Waals surface area contributed by atoms with Gasteiger partial charge in [-0.3, -0.25) is 0 Å². The van der Waals surface area contributed by atoms with Gasteiger partial charge in [-0.25, -0.2) is 0 Å². The fraction of sp³-hybridized carbons (Fsp3) is 0.333. The third kappa shape index (κ3) is 2.60. The van der Waals surface area contributed by atoms with Gasteiger partial charge in [0.15, 0.2) is 0 Å². The number of halogens is 1. The van der Waals surface area contributed by atoms with Crippen molar-refractivity contribution >= 4 is 17.7 Å². The van der Waals surface area contributed by atoms with E-state index in [1.807, 2.05) is 18.2 Å². The summed E-state index contributed by atoms with van der Waals surface area (Å²) in [5.74, 6) is 0. The highest BCUT2D eigenvalue weighted by molar-refractivity contribution is 6.31. The van der Waals surface area contributed by atoms with E-state index in [-0.39, 0.29) is 0 Å². The maximum Gasteiger partial charge on any atom is 0.0443 e. The molecule has 1 heteroatoms. The summed E-state index contributed by atoms with van der Waals surface area (Å²) in [5, 5.41) is 0.867. The molecule has 0 spiro atoms. The predicted molar refractivity (Wildman–Crippen MR) is 60.2 cm³/mol. The Bertz CT molecular complexity index is 289. The monoisotopic (exact) mass is 194 g/mol. The highest BCUT2D eigenvalue weighted by Gasteiger charge is 2.02. The predicted octanol–water partition coefficient (Wildman–Crippen LogP) is 4.33. The Balaban J connectivity index is 2.93. The molecule has 0 saturated heterocycles. The molecule has 0 aliphatic heterocycles. The minimum Gasteiger partial charge on any atom is -0.0985 e. The van der Waals surface area contributed by atoms with Crippen molar-refractivity contribution in [3.05, 3.63) is 40.9 Å². The van der Waals surface area contributed by atoms with Crippen LogP contribution in [0, 0.1) is 0 Å². The lowest BCUT2D eigenvalue weighted by Gasteiger charge is -2.07. The van der Waals surface area contributed by atoms with Crippen LogP contribution in [0.4, 0.5) is 0 Å². The van der Waals surface area contributed by atoms with Crippen molar-refractivity contribution in [2.75, 3.05) is 0 Å². The summed E-state index contributed by atoms with van der Waals surface area (Å²) >= 11 is 6.10. The van der Waals surface area contributed by atoms with Gasteiger partial charge in [-0.15, -0.1) is 0 Å². The minimum atomic E-state index is 0.867. The molecule has 0 radical (unpaired) electrons. The van der Waals surface area contributed by atoms with E-state index in [2.05, 4.69) is 19.6 Å². The van der Waals surface area contributed by atoms with E-state index in [9.17, 15) is 0 Å². The fourth-order valence-electron chi connectivity index (χ4n) is 1.38. The average Bonchev–Trinajstić information content (AvgIpc) is 2.15. The summed E-state index contributed by atoms with van der Waals surface area (Å²) in [7, 11) is 0. The zero-order valence-corrected chi connectivity index (χ0v) is 8.77. The first-order chi connectivity index (χ1) is 6.29. The molecule has 1 rings (SSSR count). The largest absolute Gasteiger partial charge is 0.0985 e. The Morgan fingerprint density at radius 3 is 2.85 bits per heavy atom. The third-order valence-electron chi connectivity index (χ3n) is 2.16.